The lowest BCUT2D eigenvalue weighted by Gasteiger charge is -2.09. The Bertz CT molecular complexity index is 1320. The van der Waals surface area contributed by atoms with Crippen LogP contribution in [0, 0.1) is 6.92 Å². The molecule has 0 aliphatic heterocycles. The summed E-state index contributed by atoms with van der Waals surface area (Å²) in [5.41, 5.74) is 7.65. The van der Waals surface area contributed by atoms with Gasteiger partial charge in [0.25, 0.3) is 5.91 Å². The van der Waals surface area contributed by atoms with Crippen molar-refractivity contribution in [1.29, 1.82) is 0 Å². The molecule has 174 valence electrons. The molecule has 0 fully saturated rings. The number of hydrogen-bond donors (Lipinski definition) is 1. The fourth-order valence-electron chi connectivity index (χ4n) is 3.45. The van der Waals surface area contributed by atoms with Crippen molar-refractivity contribution in [3.05, 3.63) is 83.4 Å². The van der Waals surface area contributed by atoms with Gasteiger partial charge < -0.3 is 14.0 Å². The number of hydrogen-bond acceptors (Lipinski definition) is 6. The first-order valence-corrected chi connectivity index (χ1v) is 11.7. The Morgan fingerprint density at radius 3 is 2.65 bits per heavy atom. The van der Waals surface area contributed by atoms with Crippen LogP contribution < -0.4 is 14.9 Å². The van der Waals surface area contributed by atoms with E-state index >= 15 is 0 Å². The van der Waals surface area contributed by atoms with E-state index < -0.39 is 0 Å². The number of nitrogens with one attached hydrogen (secondary N) is 1. The van der Waals surface area contributed by atoms with Crippen molar-refractivity contribution in [2.75, 3.05) is 20.0 Å². The van der Waals surface area contributed by atoms with Crippen LogP contribution in [0.1, 0.15) is 16.7 Å². The van der Waals surface area contributed by atoms with Crippen LogP contribution in [0.25, 0.3) is 11.0 Å². The minimum atomic E-state index is -0.220. The summed E-state index contributed by atoms with van der Waals surface area (Å²) in [6.45, 7) is 2.75. The number of hydrazone groups is 1. The molecule has 0 saturated heterocycles. The normalized spacial score (nSPS) is 11.1. The van der Waals surface area contributed by atoms with Crippen molar-refractivity contribution < 1.29 is 14.3 Å². The smallest absolute Gasteiger partial charge is 0.250 e. The molecule has 0 atom stereocenters. The molecule has 1 heterocycles. The minimum absolute atomic E-state index is 0.189. The van der Waals surface area contributed by atoms with E-state index in [9.17, 15) is 4.79 Å². The number of nitrogens with zero attached hydrogens (tertiary/aromatic N) is 3. The number of rotatable bonds is 9. The monoisotopic (exact) mass is 474 g/mol. The molecule has 0 spiro atoms. The third kappa shape index (κ3) is 5.58. The van der Waals surface area contributed by atoms with Crippen molar-refractivity contribution >= 4 is 34.9 Å². The molecular formula is C26H26N4O3S. The van der Waals surface area contributed by atoms with Gasteiger partial charge in [-0.15, -0.1) is 0 Å². The van der Waals surface area contributed by atoms with E-state index in [0.717, 1.165) is 21.8 Å². The fraction of sp³-hybridized carbons (Fsp3) is 0.192. The Kier molecular flexibility index (Phi) is 7.49. The first-order valence-electron chi connectivity index (χ1n) is 10.7. The number of para-hydroxylation sites is 2. The maximum atomic E-state index is 12.4. The first kappa shape index (κ1) is 23.4. The van der Waals surface area contributed by atoms with Crippen LogP contribution in [-0.2, 0) is 11.3 Å². The summed E-state index contributed by atoms with van der Waals surface area (Å²) in [4.78, 5) is 17.2. The average molecular weight is 475 g/mol. The number of ether oxygens (including phenoxy) is 2. The zero-order valence-electron chi connectivity index (χ0n) is 19.3. The Morgan fingerprint density at radius 2 is 1.88 bits per heavy atom. The third-order valence-electron chi connectivity index (χ3n) is 5.25. The van der Waals surface area contributed by atoms with Gasteiger partial charge in [-0.3, -0.25) is 4.79 Å². The summed E-state index contributed by atoms with van der Waals surface area (Å²) in [5.74, 6) is 1.26. The van der Waals surface area contributed by atoms with Crippen LogP contribution in [0.15, 0.2) is 77.0 Å². The molecule has 1 aromatic heterocycles. The van der Waals surface area contributed by atoms with Gasteiger partial charge in [0.05, 0.1) is 43.8 Å². The van der Waals surface area contributed by atoms with Crippen LogP contribution in [-0.4, -0.2) is 41.6 Å². The van der Waals surface area contributed by atoms with Gasteiger partial charge >= 0.3 is 0 Å². The highest BCUT2D eigenvalue weighted by atomic mass is 32.2. The van der Waals surface area contributed by atoms with Crippen LogP contribution in [0.2, 0.25) is 0 Å². The van der Waals surface area contributed by atoms with Crippen molar-refractivity contribution in [3.63, 3.8) is 0 Å². The molecule has 0 aliphatic carbocycles. The Labute approximate surface area is 202 Å². The third-order valence-corrected chi connectivity index (χ3v) is 6.22. The maximum Gasteiger partial charge on any atom is 0.250 e. The molecule has 7 nitrogen and oxygen atoms in total. The molecule has 4 aromatic rings. The Morgan fingerprint density at radius 1 is 1.09 bits per heavy atom. The Hall–Kier alpha value is -3.78. The van der Waals surface area contributed by atoms with Gasteiger partial charge in [-0.05, 0) is 36.8 Å². The van der Waals surface area contributed by atoms with Crippen molar-refractivity contribution in [2.24, 2.45) is 5.10 Å². The number of carbonyl (C=O) groups excluding carboxylic acids is 1. The number of carbonyl (C=O) groups is 1. The molecule has 0 aliphatic rings. The number of imidazole rings is 1. The van der Waals surface area contributed by atoms with Crippen LogP contribution in [0.3, 0.4) is 0 Å². The van der Waals surface area contributed by atoms with E-state index in [1.165, 1.54) is 22.9 Å². The number of amides is 1. The van der Waals surface area contributed by atoms with Crippen molar-refractivity contribution in [2.45, 2.75) is 18.6 Å². The maximum absolute atomic E-state index is 12.4. The zero-order chi connectivity index (χ0) is 23.9. The second-order valence-corrected chi connectivity index (χ2v) is 8.59. The van der Waals surface area contributed by atoms with E-state index in [-0.39, 0.29) is 11.7 Å². The molecule has 0 unspecified atom stereocenters. The summed E-state index contributed by atoms with van der Waals surface area (Å²) in [6.07, 6.45) is 1.55. The number of aryl methyl sites for hydroxylation is 1. The minimum Gasteiger partial charge on any atom is -0.497 e. The number of methoxy groups -OCH3 is 2. The number of aromatic nitrogens is 2. The highest BCUT2D eigenvalue weighted by molar-refractivity contribution is 7.99. The molecule has 3 aromatic carbocycles. The van der Waals surface area contributed by atoms with E-state index in [1.807, 2.05) is 30.3 Å². The first-order chi connectivity index (χ1) is 16.6. The highest BCUT2D eigenvalue weighted by Crippen LogP contribution is 2.26. The molecule has 1 N–H and O–H groups in total. The molecular weight excluding hydrogens is 448 g/mol. The summed E-state index contributed by atoms with van der Waals surface area (Å²) in [7, 11) is 3.17. The molecule has 0 bridgehead atoms. The second-order valence-electron chi connectivity index (χ2n) is 7.64. The van der Waals surface area contributed by atoms with Gasteiger partial charge in [-0.25, -0.2) is 10.4 Å². The van der Waals surface area contributed by atoms with Gasteiger partial charge in [-0.1, -0.05) is 53.7 Å². The summed E-state index contributed by atoms with van der Waals surface area (Å²) < 4.78 is 12.7. The fourth-order valence-corrected chi connectivity index (χ4v) is 4.26. The lowest BCUT2D eigenvalue weighted by Crippen LogP contribution is -2.20. The predicted molar refractivity (Wildman–Crippen MR) is 136 cm³/mol. The largest absolute Gasteiger partial charge is 0.497 e. The van der Waals surface area contributed by atoms with Gasteiger partial charge in [0.2, 0.25) is 0 Å². The zero-order valence-corrected chi connectivity index (χ0v) is 20.1. The van der Waals surface area contributed by atoms with E-state index in [0.29, 0.717) is 18.0 Å². The quantitative estimate of drug-likeness (QED) is 0.217. The number of thioether (sulfide) groups is 1. The number of fused-ring (bicyclic) bond motifs is 1. The molecule has 34 heavy (non-hydrogen) atoms. The van der Waals surface area contributed by atoms with Crippen LogP contribution >= 0.6 is 11.8 Å². The predicted octanol–water partition coefficient (Wildman–Crippen LogP) is 4.65. The topological polar surface area (TPSA) is 77.7 Å². The molecule has 0 radical (unpaired) electrons. The Balaban J connectivity index is 1.43. The summed E-state index contributed by atoms with van der Waals surface area (Å²) in [5, 5.41) is 4.86. The summed E-state index contributed by atoms with van der Waals surface area (Å²) >= 11 is 1.39. The van der Waals surface area contributed by atoms with Crippen molar-refractivity contribution in [3.8, 4) is 11.5 Å². The van der Waals surface area contributed by atoms with Gasteiger partial charge in [0.1, 0.15) is 11.5 Å². The number of benzene rings is 3. The highest BCUT2D eigenvalue weighted by Gasteiger charge is 2.13. The van der Waals surface area contributed by atoms with E-state index in [2.05, 4.69) is 46.3 Å². The van der Waals surface area contributed by atoms with Gasteiger partial charge in [0.15, 0.2) is 5.16 Å². The molecule has 8 heteroatoms. The van der Waals surface area contributed by atoms with E-state index in [4.69, 9.17) is 14.5 Å². The standard InChI is InChI=1S/C26H26N4O3S/c1-18-8-10-19(11-9-18)16-30-23-7-5-4-6-22(23)28-26(30)34-17-25(31)29-27-15-20-12-13-21(32-2)14-24(20)33-3/h4-15H,16-17H2,1-3H3,(H,29,31). The van der Waals surface area contributed by atoms with Crippen LogP contribution in [0.4, 0.5) is 0 Å². The average Bonchev–Trinajstić information content (AvgIpc) is 3.21. The molecule has 1 amide bonds. The molecule has 4 rings (SSSR count). The SMILES string of the molecule is COc1ccc(C=NNC(=O)CSc2nc3ccccc3n2Cc2ccc(C)cc2)c(OC)c1. The lowest BCUT2D eigenvalue weighted by molar-refractivity contribution is -0.118. The molecule has 0 saturated carbocycles. The van der Waals surface area contributed by atoms with Gasteiger partial charge in [0, 0.05) is 11.6 Å². The summed E-state index contributed by atoms with van der Waals surface area (Å²) in [6, 6.07) is 21.8. The van der Waals surface area contributed by atoms with Gasteiger partial charge in [-0.2, -0.15) is 5.10 Å². The second kappa shape index (κ2) is 10.9. The van der Waals surface area contributed by atoms with Crippen LogP contribution in [0.5, 0.6) is 11.5 Å². The lowest BCUT2D eigenvalue weighted by atomic mass is 10.1. The van der Waals surface area contributed by atoms with Crippen molar-refractivity contribution in [1.82, 2.24) is 15.0 Å². The van der Waals surface area contributed by atoms with E-state index in [1.54, 1.807) is 32.6 Å².